The first-order valence-electron chi connectivity index (χ1n) is 8.64. The van der Waals surface area contributed by atoms with Gasteiger partial charge >= 0.3 is 11.8 Å². The van der Waals surface area contributed by atoms with Crippen LogP contribution >= 0.6 is 0 Å². The number of ether oxygens (including phenoxy) is 1. The highest BCUT2D eigenvalue weighted by Gasteiger charge is 2.30. The lowest BCUT2D eigenvalue weighted by Crippen LogP contribution is -2.31. The molecule has 4 rings (SSSR count). The van der Waals surface area contributed by atoms with E-state index in [9.17, 15) is 14.9 Å². The van der Waals surface area contributed by atoms with E-state index >= 15 is 0 Å². The number of carbonyl (C=O) groups is 1. The highest BCUT2D eigenvalue weighted by Crippen LogP contribution is 2.29. The molecular formula is C20H16N4O4. The number of nitrogens with zero attached hydrogens (tertiary/aromatic N) is 4. The molecule has 8 nitrogen and oxygen atoms in total. The quantitative estimate of drug-likeness (QED) is 0.491. The first-order valence-corrected chi connectivity index (χ1v) is 8.64. The summed E-state index contributed by atoms with van der Waals surface area (Å²) in [5.74, 6) is 0.644. The molecule has 2 amide bonds. The van der Waals surface area contributed by atoms with Gasteiger partial charge in [-0.2, -0.15) is 0 Å². The molecule has 0 spiro atoms. The van der Waals surface area contributed by atoms with E-state index in [0.29, 0.717) is 24.6 Å². The van der Waals surface area contributed by atoms with Crippen LogP contribution < -0.4 is 14.5 Å². The van der Waals surface area contributed by atoms with E-state index in [1.807, 2.05) is 36.4 Å². The number of nitro groups is 1. The van der Waals surface area contributed by atoms with E-state index in [1.54, 1.807) is 28.0 Å². The number of hydrogen-bond donors (Lipinski definition) is 0. The molecule has 0 saturated carbocycles. The molecule has 28 heavy (non-hydrogen) atoms. The lowest BCUT2D eigenvalue weighted by atomic mass is 10.3. The summed E-state index contributed by atoms with van der Waals surface area (Å²) < 4.78 is 5.72. The first kappa shape index (κ1) is 17.5. The fourth-order valence-electron chi connectivity index (χ4n) is 3.02. The number of amides is 2. The van der Waals surface area contributed by atoms with Gasteiger partial charge in [-0.25, -0.2) is 4.79 Å². The van der Waals surface area contributed by atoms with Gasteiger partial charge in [-0.1, -0.05) is 24.3 Å². The molecule has 8 heteroatoms. The van der Waals surface area contributed by atoms with Gasteiger partial charge in [0.15, 0.2) is 11.9 Å². The highest BCUT2D eigenvalue weighted by molar-refractivity contribution is 6.06. The Hall–Kier alpha value is -3.94. The van der Waals surface area contributed by atoms with Crippen molar-refractivity contribution in [1.82, 2.24) is 4.98 Å². The number of benzene rings is 2. The molecule has 0 unspecified atom stereocenters. The number of hydrogen-bond acceptors (Lipinski definition) is 5. The summed E-state index contributed by atoms with van der Waals surface area (Å²) in [5.41, 5.74) is 1.58. The van der Waals surface area contributed by atoms with E-state index in [0.717, 1.165) is 11.4 Å². The Bertz CT molecular complexity index is 1010. The van der Waals surface area contributed by atoms with Crippen LogP contribution in [-0.2, 0) is 0 Å². The maximum atomic E-state index is 12.8. The van der Waals surface area contributed by atoms with Gasteiger partial charge < -0.3 is 14.9 Å². The van der Waals surface area contributed by atoms with Crippen LogP contribution in [0.1, 0.15) is 0 Å². The fourth-order valence-corrected chi connectivity index (χ4v) is 3.02. The molecule has 1 fully saturated rings. The first-order chi connectivity index (χ1) is 13.6. The van der Waals surface area contributed by atoms with Gasteiger partial charge in [0, 0.05) is 36.6 Å². The Labute approximate surface area is 160 Å². The molecule has 0 bridgehead atoms. The standard InChI is InChI=1S/C20H16N4O4/c25-20-22(15-5-2-1-3-6-15)11-12-23(20)16-7-4-8-17(13-16)28-18-9-10-19(21-14-18)24(26)27/h1-10,13-14H,11-12H2. The predicted molar refractivity (Wildman–Crippen MR) is 104 cm³/mol. The van der Waals surface area contributed by atoms with Crippen molar-refractivity contribution in [1.29, 1.82) is 0 Å². The van der Waals surface area contributed by atoms with Crippen LogP contribution in [0, 0.1) is 10.1 Å². The predicted octanol–water partition coefficient (Wildman–Crippen LogP) is 4.23. The Balaban J connectivity index is 1.51. The van der Waals surface area contributed by atoms with Crippen LogP contribution in [0.5, 0.6) is 11.5 Å². The minimum Gasteiger partial charge on any atom is -0.453 e. The van der Waals surface area contributed by atoms with Gasteiger partial charge in [-0.3, -0.25) is 9.80 Å². The van der Waals surface area contributed by atoms with Gasteiger partial charge in [-0.15, -0.1) is 0 Å². The maximum absolute atomic E-state index is 12.8. The lowest BCUT2D eigenvalue weighted by Gasteiger charge is -2.19. The second kappa shape index (κ2) is 7.36. The fraction of sp³-hybridized carbons (Fsp3) is 0.100. The molecule has 1 saturated heterocycles. The molecule has 3 aromatic rings. The summed E-state index contributed by atoms with van der Waals surface area (Å²) in [6.07, 6.45) is 1.29. The normalized spacial score (nSPS) is 13.6. The Morgan fingerprint density at radius 1 is 0.893 bits per heavy atom. The van der Waals surface area contributed by atoms with Crippen LogP contribution in [0.4, 0.5) is 22.0 Å². The van der Waals surface area contributed by atoms with Crippen molar-refractivity contribution < 1.29 is 14.5 Å². The summed E-state index contributed by atoms with van der Waals surface area (Å²) in [6.45, 7) is 1.16. The lowest BCUT2D eigenvalue weighted by molar-refractivity contribution is -0.389. The van der Waals surface area contributed by atoms with Gasteiger partial charge in [0.2, 0.25) is 0 Å². The monoisotopic (exact) mass is 376 g/mol. The average Bonchev–Trinajstić information content (AvgIpc) is 3.11. The zero-order chi connectivity index (χ0) is 19.5. The minimum atomic E-state index is -0.568. The van der Waals surface area contributed by atoms with Crippen LogP contribution in [0.25, 0.3) is 0 Å². The molecule has 0 radical (unpaired) electrons. The van der Waals surface area contributed by atoms with Crippen molar-refractivity contribution in [2.45, 2.75) is 0 Å². The molecular weight excluding hydrogens is 360 g/mol. The van der Waals surface area contributed by atoms with Crippen molar-refractivity contribution >= 4 is 23.2 Å². The highest BCUT2D eigenvalue weighted by atomic mass is 16.6. The number of anilines is 2. The van der Waals surface area contributed by atoms with E-state index in [2.05, 4.69) is 4.98 Å². The molecule has 0 atom stereocenters. The van der Waals surface area contributed by atoms with Crippen LogP contribution in [0.2, 0.25) is 0 Å². The number of urea groups is 1. The molecule has 1 aromatic heterocycles. The van der Waals surface area contributed by atoms with E-state index < -0.39 is 4.92 Å². The summed E-state index contributed by atoms with van der Waals surface area (Å²) in [4.78, 5) is 30.1. The van der Waals surface area contributed by atoms with Gasteiger partial charge in [0.05, 0.1) is 0 Å². The van der Waals surface area contributed by atoms with Crippen molar-refractivity contribution in [2.24, 2.45) is 0 Å². The number of para-hydroxylation sites is 1. The average molecular weight is 376 g/mol. The SMILES string of the molecule is O=C1N(c2ccccc2)CCN1c1cccc(Oc2ccc([N+](=O)[O-])nc2)c1. The number of rotatable bonds is 5. The molecule has 2 heterocycles. The van der Waals surface area contributed by atoms with Crippen LogP contribution in [0.3, 0.4) is 0 Å². The summed E-state index contributed by atoms with van der Waals surface area (Å²) in [5, 5.41) is 10.7. The third kappa shape index (κ3) is 3.48. The van der Waals surface area contributed by atoms with Gasteiger partial charge in [0.25, 0.3) is 0 Å². The second-order valence-electron chi connectivity index (χ2n) is 6.13. The van der Waals surface area contributed by atoms with E-state index in [-0.39, 0.29) is 11.8 Å². The topological polar surface area (TPSA) is 88.8 Å². The van der Waals surface area contributed by atoms with Crippen molar-refractivity contribution in [2.75, 3.05) is 22.9 Å². The van der Waals surface area contributed by atoms with Crippen LogP contribution in [-0.4, -0.2) is 29.0 Å². The number of pyridine rings is 1. The van der Waals surface area contributed by atoms with Crippen molar-refractivity contribution in [3.8, 4) is 11.5 Å². The third-order valence-electron chi connectivity index (χ3n) is 4.35. The number of aromatic nitrogens is 1. The largest absolute Gasteiger partial charge is 0.453 e. The molecule has 1 aliphatic heterocycles. The Morgan fingerprint density at radius 2 is 1.61 bits per heavy atom. The Kier molecular flexibility index (Phi) is 4.59. The van der Waals surface area contributed by atoms with E-state index in [4.69, 9.17) is 4.74 Å². The van der Waals surface area contributed by atoms with Crippen molar-refractivity contribution in [3.63, 3.8) is 0 Å². The van der Waals surface area contributed by atoms with Crippen molar-refractivity contribution in [3.05, 3.63) is 83.0 Å². The Morgan fingerprint density at radius 3 is 2.29 bits per heavy atom. The molecule has 0 N–H and O–H groups in total. The maximum Gasteiger partial charge on any atom is 0.363 e. The zero-order valence-electron chi connectivity index (χ0n) is 14.8. The van der Waals surface area contributed by atoms with Gasteiger partial charge in [0.1, 0.15) is 5.75 Å². The molecule has 1 aliphatic rings. The number of carbonyl (C=O) groups excluding carboxylic acids is 1. The summed E-state index contributed by atoms with van der Waals surface area (Å²) in [6, 6.07) is 19.3. The van der Waals surface area contributed by atoms with Gasteiger partial charge in [-0.05, 0) is 40.2 Å². The molecule has 0 aliphatic carbocycles. The summed E-state index contributed by atoms with van der Waals surface area (Å²) >= 11 is 0. The van der Waals surface area contributed by atoms with Crippen LogP contribution in [0.15, 0.2) is 72.9 Å². The van der Waals surface area contributed by atoms with E-state index in [1.165, 1.54) is 18.3 Å². The minimum absolute atomic E-state index is 0.0969. The molecule has 2 aromatic carbocycles. The molecule has 140 valence electrons. The second-order valence-corrected chi connectivity index (χ2v) is 6.13. The summed E-state index contributed by atoms with van der Waals surface area (Å²) in [7, 11) is 0. The third-order valence-corrected chi connectivity index (χ3v) is 4.35. The zero-order valence-corrected chi connectivity index (χ0v) is 14.8. The smallest absolute Gasteiger partial charge is 0.363 e.